The number of fused-ring (bicyclic) bond motifs is 1. The molecule has 1 aromatic carbocycles. The maximum absolute atomic E-state index is 13.6. The van der Waals surface area contributed by atoms with Crippen molar-refractivity contribution in [2.45, 2.75) is 12.4 Å². The molecule has 18 heavy (non-hydrogen) atoms. The highest BCUT2D eigenvalue weighted by atomic mass is 127. The predicted molar refractivity (Wildman–Crippen MR) is 80.9 cm³/mol. The summed E-state index contributed by atoms with van der Waals surface area (Å²) in [5.74, 6) is 1.16. The Labute approximate surface area is 125 Å². The number of aryl methyl sites for hydroxylation is 1. The Bertz CT molecular complexity index is 617. The summed E-state index contributed by atoms with van der Waals surface area (Å²) in [5.41, 5.74) is 1.42. The lowest BCUT2D eigenvalue weighted by molar-refractivity contribution is 0.620. The second kappa shape index (κ2) is 5.83. The summed E-state index contributed by atoms with van der Waals surface area (Å²) >= 11 is 7.78. The van der Waals surface area contributed by atoms with Crippen LogP contribution in [0.4, 0.5) is 4.39 Å². The first kappa shape index (κ1) is 14.2. The van der Waals surface area contributed by atoms with E-state index in [1.165, 1.54) is 6.07 Å². The molecule has 0 saturated carbocycles. The first-order chi connectivity index (χ1) is 8.52. The SMILES string of the molecule is CS(=O)CCn1c(CCl)nc2cc(I)c(F)cc21. The summed E-state index contributed by atoms with van der Waals surface area (Å²) in [6.07, 6.45) is 1.64. The normalized spacial score (nSPS) is 13.1. The Morgan fingerprint density at radius 3 is 2.89 bits per heavy atom. The van der Waals surface area contributed by atoms with Crippen molar-refractivity contribution in [3.63, 3.8) is 0 Å². The molecule has 0 aliphatic carbocycles. The van der Waals surface area contributed by atoms with E-state index in [0.717, 1.165) is 5.52 Å². The highest BCUT2D eigenvalue weighted by molar-refractivity contribution is 14.1. The molecule has 7 heteroatoms. The predicted octanol–water partition coefficient (Wildman–Crippen LogP) is 2.90. The number of rotatable bonds is 4. The van der Waals surface area contributed by atoms with Gasteiger partial charge < -0.3 is 4.57 Å². The molecule has 0 fully saturated rings. The smallest absolute Gasteiger partial charge is 0.138 e. The molecule has 0 aliphatic heterocycles. The van der Waals surface area contributed by atoms with Crippen LogP contribution in [-0.4, -0.2) is 25.8 Å². The van der Waals surface area contributed by atoms with E-state index in [2.05, 4.69) is 4.98 Å². The fourth-order valence-corrected chi connectivity index (χ4v) is 2.84. The number of imidazole rings is 1. The second-order valence-corrected chi connectivity index (χ2v) is 6.83. The number of hydrogen-bond donors (Lipinski definition) is 0. The van der Waals surface area contributed by atoms with Gasteiger partial charge >= 0.3 is 0 Å². The lowest BCUT2D eigenvalue weighted by Crippen LogP contribution is -2.09. The highest BCUT2D eigenvalue weighted by Gasteiger charge is 2.13. The molecule has 1 heterocycles. The standard InChI is InChI=1S/C11H11ClFIN2OS/c1-18(17)3-2-16-10-4-7(13)8(14)5-9(10)15-11(16)6-12/h4-5H,2-3,6H2,1H3. The maximum atomic E-state index is 13.6. The zero-order valence-corrected chi connectivity index (χ0v) is 13.4. The van der Waals surface area contributed by atoms with Crippen molar-refractivity contribution in [2.24, 2.45) is 0 Å². The Kier molecular flexibility index (Phi) is 4.60. The van der Waals surface area contributed by atoms with Gasteiger partial charge in [0.2, 0.25) is 0 Å². The second-order valence-electron chi connectivity index (χ2n) is 3.85. The zero-order chi connectivity index (χ0) is 13.3. The summed E-state index contributed by atoms with van der Waals surface area (Å²) < 4.78 is 27.1. The molecule has 1 aromatic heterocycles. The van der Waals surface area contributed by atoms with Crippen molar-refractivity contribution in [3.05, 3.63) is 27.3 Å². The summed E-state index contributed by atoms with van der Waals surface area (Å²) in [7, 11) is -0.900. The van der Waals surface area contributed by atoms with Gasteiger partial charge in [-0.05, 0) is 28.7 Å². The van der Waals surface area contributed by atoms with Crippen LogP contribution in [0.1, 0.15) is 5.82 Å². The average molecular weight is 401 g/mol. The van der Waals surface area contributed by atoms with Crippen LogP contribution < -0.4 is 0 Å². The van der Waals surface area contributed by atoms with E-state index >= 15 is 0 Å². The van der Waals surface area contributed by atoms with Crippen LogP contribution in [0.5, 0.6) is 0 Å². The van der Waals surface area contributed by atoms with Crippen LogP contribution in [0.15, 0.2) is 12.1 Å². The number of aromatic nitrogens is 2. The molecule has 0 saturated heterocycles. The Morgan fingerprint density at radius 2 is 2.28 bits per heavy atom. The number of nitrogens with zero attached hydrogens (tertiary/aromatic N) is 2. The number of halogens is 3. The average Bonchev–Trinajstić information content (AvgIpc) is 2.64. The molecule has 0 N–H and O–H groups in total. The van der Waals surface area contributed by atoms with E-state index in [9.17, 15) is 8.60 Å². The van der Waals surface area contributed by atoms with Gasteiger partial charge in [-0.15, -0.1) is 11.6 Å². The summed E-state index contributed by atoms with van der Waals surface area (Å²) in [6, 6.07) is 3.15. The highest BCUT2D eigenvalue weighted by Crippen LogP contribution is 2.22. The van der Waals surface area contributed by atoms with E-state index in [4.69, 9.17) is 11.6 Å². The van der Waals surface area contributed by atoms with E-state index in [1.54, 1.807) is 12.3 Å². The first-order valence-corrected chi connectivity index (χ1v) is 8.57. The third kappa shape index (κ3) is 2.85. The molecule has 98 valence electrons. The molecular formula is C11H11ClFIN2OS. The Morgan fingerprint density at radius 1 is 1.56 bits per heavy atom. The Balaban J connectivity index is 2.53. The molecule has 0 spiro atoms. The summed E-state index contributed by atoms with van der Waals surface area (Å²) in [6.45, 7) is 0.529. The van der Waals surface area contributed by atoms with Gasteiger partial charge in [-0.1, -0.05) is 0 Å². The van der Waals surface area contributed by atoms with Crippen LogP contribution >= 0.6 is 34.2 Å². The van der Waals surface area contributed by atoms with Crippen molar-refractivity contribution in [2.75, 3.05) is 12.0 Å². The molecule has 1 unspecified atom stereocenters. The molecular weight excluding hydrogens is 390 g/mol. The van der Waals surface area contributed by atoms with Gasteiger partial charge in [0.05, 0.1) is 20.5 Å². The van der Waals surface area contributed by atoms with E-state index in [-0.39, 0.29) is 11.7 Å². The fourth-order valence-electron chi connectivity index (χ4n) is 1.74. The van der Waals surface area contributed by atoms with E-state index < -0.39 is 10.8 Å². The van der Waals surface area contributed by atoms with Crippen LogP contribution in [0.25, 0.3) is 11.0 Å². The molecule has 3 nitrogen and oxygen atoms in total. The lowest BCUT2D eigenvalue weighted by Gasteiger charge is -2.06. The monoisotopic (exact) mass is 400 g/mol. The maximum Gasteiger partial charge on any atom is 0.138 e. The van der Waals surface area contributed by atoms with Gasteiger partial charge in [-0.2, -0.15) is 0 Å². The zero-order valence-electron chi connectivity index (χ0n) is 9.62. The van der Waals surface area contributed by atoms with Crippen LogP contribution in [0.2, 0.25) is 0 Å². The fraction of sp³-hybridized carbons (Fsp3) is 0.364. The van der Waals surface area contributed by atoms with Gasteiger partial charge in [0, 0.05) is 35.4 Å². The lowest BCUT2D eigenvalue weighted by atomic mass is 10.3. The van der Waals surface area contributed by atoms with Crippen molar-refractivity contribution in [1.82, 2.24) is 9.55 Å². The van der Waals surface area contributed by atoms with Crippen LogP contribution in [-0.2, 0) is 23.2 Å². The molecule has 1 atom stereocenters. The molecule has 2 rings (SSSR count). The topological polar surface area (TPSA) is 34.9 Å². The largest absolute Gasteiger partial charge is 0.326 e. The minimum absolute atomic E-state index is 0.253. The third-order valence-corrected chi connectivity index (χ3v) is 4.41. The van der Waals surface area contributed by atoms with E-state index in [1.807, 2.05) is 27.2 Å². The molecule has 2 aromatic rings. The number of benzene rings is 1. The minimum atomic E-state index is -0.900. The van der Waals surface area contributed by atoms with Gasteiger partial charge in [0.1, 0.15) is 11.6 Å². The van der Waals surface area contributed by atoms with Crippen LogP contribution in [0, 0.1) is 9.39 Å². The number of hydrogen-bond acceptors (Lipinski definition) is 2. The third-order valence-electron chi connectivity index (χ3n) is 2.59. The number of alkyl halides is 1. The molecule has 0 amide bonds. The van der Waals surface area contributed by atoms with E-state index in [0.29, 0.717) is 27.2 Å². The van der Waals surface area contributed by atoms with Crippen molar-refractivity contribution < 1.29 is 8.60 Å². The van der Waals surface area contributed by atoms with Gasteiger partial charge in [-0.25, -0.2) is 9.37 Å². The van der Waals surface area contributed by atoms with Crippen molar-refractivity contribution in [3.8, 4) is 0 Å². The van der Waals surface area contributed by atoms with Crippen LogP contribution in [0.3, 0.4) is 0 Å². The van der Waals surface area contributed by atoms with Crippen molar-refractivity contribution >= 4 is 56.0 Å². The summed E-state index contributed by atoms with van der Waals surface area (Å²) in [5, 5.41) is 0. The first-order valence-electron chi connectivity index (χ1n) is 5.23. The van der Waals surface area contributed by atoms with Crippen molar-refractivity contribution in [1.29, 1.82) is 0 Å². The molecule has 0 radical (unpaired) electrons. The van der Waals surface area contributed by atoms with Gasteiger partial charge in [0.15, 0.2) is 0 Å². The minimum Gasteiger partial charge on any atom is -0.326 e. The Hall–Kier alpha value is -0.210. The molecule has 0 bridgehead atoms. The molecule has 0 aliphatic rings. The van der Waals surface area contributed by atoms with Gasteiger partial charge in [-0.3, -0.25) is 4.21 Å². The van der Waals surface area contributed by atoms with Gasteiger partial charge in [0.25, 0.3) is 0 Å². The summed E-state index contributed by atoms with van der Waals surface area (Å²) in [4.78, 5) is 4.37. The quantitative estimate of drug-likeness (QED) is 0.584.